The van der Waals surface area contributed by atoms with Crippen molar-refractivity contribution in [3.8, 4) is 0 Å². The van der Waals surface area contributed by atoms with Gasteiger partial charge in [-0.2, -0.15) is 0 Å². The van der Waals surface area contributed by atoms with Crippen LogP contribution in [0.5, 0.6) is 0 Å². The molecule has 0 aliphatic carbocycles. The van der Waals surface area contributed by atoms with Crippen LogP contribution in [0.3, 0.4) is 0 Å². The van der Waals surface area contributed by atoms with Gasteiger partial charge in [0.15, 0.2) is 0 Å². The molecule has 3 rings (SSSR count). The zero-order valence-electron chi connectivity index (χ0n) is 25.5. The van der Waals surface area contributed by atoms with E-state index in [1.54, 1.807) is 48.5 Å². The van der Waals surface area contributed by atoms with Crippen LogP contribution in [-0.2, 0) is 48.7 Å². The zero-order chi connectivity index (χ0) is 35.3. The Labute approximate surface area is 286 Å². The van der Waals surface area contributed by atoms with Crippen LogP contribution in [0.15, 0.2) is 77.5 Å². The summed E-state index contributed by atoms with van der Waals surface area (Å²) in [5.74, 6) is -2.78. The summed E-state index contributed by atoms with van der Waals surface area (Å²) in [7, 11) is -3.78. The first-order chi connectivity index (χ1) is 22.8. The van der Waals surface area contributed by atoms with E-state index in [2.05, 4.69) is 27.3 Å². The molecule has 0 saturated carbocycles. The van der Waals surface area contributed by atoms with Gasteiger partial charge in [-0.1, -0.05) is 72.8 Å². The normalized spacial score (nSPS) is 12.3. The molecule has 0 radical (unpaired) electrons. The smallest absolute Gasteiger partial charge is 0.408 e. The summed E-state index contributed by atoms with van der Waals surface area (Å²) in [5, 5.41) is 24.5. The van der Waals surface area contributed by atoms with Gasteiger partial charge in [0.2, 0.25) is 21.8 Å². The van der Waals surface area contributed by atoms with Crippen molar-refractivity contribution in [2.24, 2.45) is 5.73 Å². The molecule has 3 amide bonds. The van der Waals surface area contributed by atoms with Crippen LogP contribution in [0.25, 0.3) is 0 Å². The molecular weight excluding hydrogens is 684 g/mol. The summed E-state index contributed by atoms with van der Waals surface area (Å²) in [6, 6.07) is 13.6. The third-order valence-electron chi connectivity index (χ3n) is 6.66. The molecule has 1 heterocycles. The number of hydrogen-bond acceptors (Lipinski definition) is 9. The van der Waals surface area contributed by atoms with Crippen LogP contribution in [0.1, 0.15) is 35.1 Å². The number of aliphatic carboxylic acids is 1. The Kier molecular flexibility index (Phi) is 14.1. The summed E-state index contributed by atoms with van der Waals surface area (Å²) in [6.07, 6.45) is -0.283. The van der Waals surface area contributed by atoms with Crippen molar-refractivity contribution < 1.29 is 37.4 Å². The van der Waals surface area contributed by atoms with Crippen LogP contribution < -0.4 is 26.4 Å². The fourth-order valence-corrected chi connectivity index (χ4v) is 6.79. The quantitative estimate of drug-likeness (QED) is 0.0582. The molecule has 1 aromatic heterocycles. The first-order valence-corrected chi connectivity index (χ1v) is 17.1. The number of carbonyl (C=O) groups excluding carboxylic acids is 3. The van der Waals surface area contributed by atoms with Gasteiger partial charge < -0.3 is 31.5 Å². The van der Waals surface area contributed by atoms with Gasteiger partial charge in [0.1, 0.15) is 28.7 Å². The van der Waals surface area contributed by atoms with Gasteiger partial charge in [0.25, 0.3) is 0 Å². The van der Waals surface area contributed by atoms with E-state index in [9.17, 15) is 32.7 Å². The SMILES string of the molecule is C=CCOC(=O)N[C@@H](Cc1ccc(C(=N)N)cc1)C(=O)N[C@@H](CCC(=O)O)C(=O)NCc1cccc(CNS(=O)(=O)c2ccc(Cl)s2)c1. The van der Waals surface area contributed by atoms with Crippen LogP contribution in [-0.4, -0.2) is 61.9 Å². The molecule has 0 aliphatic heterocycles. The lowest BCUT2D eigenvalue weighted by Crippen LogP contribution is -2.54. The third kappa shape index (κ3) is 12.1. The number of nitrogen functional groups attached to an aromatic ring is 1. The predicted octanol–water partition coefficient (Wildman–Crippen LogP) is 2.65. The molecule has 8 N–H and O–H groups in total. The lowest BCUT2D eigenvalue weighted by molar-refractivity contribution is -0.138. The number of alkyl carbamates (subject to hydrolysis) is 1. The highest BCUT2D eigenvalue weighted by atomic mass is 35.5. The maximum absolute atomic E-state index is 13.4. The van der Waals surface area contributed by atoms with Crippen LogP contribution in [0, 0.1) is 5.41 Å². The Hall–Kier alpha value is -4.77. The monoisotopic (exact) mass is 718 g/mol. The minimum Gasteiger partial charge on any atom is -0.481 e. The molecule has 17 heteroatoms. The number of nitrogens with one attached hydrogen (secondary N) is 5. The van der Waals surface area contributed by atoms with Crippen molar-refractivity contribution in [2.45, 2.75) is 48.6 Å². The largest absolute Gasteiger partial charge is 0.481 e. The Morgan fingerprint density at radius 3 is 2.27 bits per heavy atom. The first-order valence-electron chi connectivity index (χ1n) is 14.4. The molecule has 0 unspecified atom stereocenters. The van der Waals surface area contributed by atoms with Gasteiger partial charge in [0, 0.05) is 31.5 Å². The van der Waals surface area contributed by atoms with E-state index in [1.807, 2.05) is 0 Å². The van der Waals surface area contributed by atoms with Crippen molar-refractivity contribution in [2.75, 3.05) is 6.61 Å². The van der Waals surface area contributed by atoms with Gasteiger partial charge in [-0.3, -0.25) is 19.8 Å². The van der Waals surface area contributed by atoms with E-state index in [0.717, 1.165) is 11.3 Å². The number of thiophene rings is 1. The minimum absolute atomic E-state index is 0.0164. The summed E-state index contributed by atoms with van der Waals surface area (Å²) in [6.45, 7) is 3.31. The van der Waals surface area contributed by atoms with E-state index >= 15 is 0 Å². The van der Waals surface area contributed by atoms with Crippen molar-refractivity contribution in [3.63, 3.8) is 0 Å². The molecule has 0 spiro atoms. The Morgan fingerprint density at radius 1 is 0.979 bits per heavy atom. The number of amidine groups is 1. The van der Waals surface area contributed by atoms with Crippen molar-refractivity contribution in [1.29, 1.82) is 5.41 Å². The number of carboxylic acid groups (broad SMARTS) is 1. The molecule has 0 bridgehead atoms. The van der Waals surface area contributed by atoms with Crippen molar-refractivity contribution in [3.05, 3.63) is 99.9 Å². The van der Waals surface area contributed by atoms with E-state index in [-0.39, 0.29) is 42.6 Å². The van der Waals surface area contributed by atoms with Gasteiger partial charge in [-0.05, 0) is 35.2 Å². The molecule has 14 nitrogen and oxygen atoms in total. The fraction of sp³-hybridized carbons (Fsp3) is 0.258. The average molecular weight is 719 g/mol. The summed E-state index contributed by atoms with van der Waals surface area (Å²) in [4.78, 5) is 50.3. The highest BCUT2D eigenvalue weighted by molar-refractivity contribution is 7.91. The molecule has 256 valence electrons. The zero-order valence-corrected chi connectivity index (χ0v) is 27.9. The van der Waals surface area contributed by atoms with E-state index in [0.29, 0.717) is 26.6 Å². The number of carbonyl (C=O) groups is 4. The van der Waals surface area contributed by atoms with E-state index < -0.39 is 52.4 Å². The number of halogens is 1. The number of ether oxygens (including phenoxy) is 1. The lowest BCUT2D eigenvalue weighted by atomic mass is 10.0. The number of nitrogens with two attached hydrogens (primary N) is 1. The molecule has 48 heavy (non-hydrogen) atoms. The predicted molar refractivity (Wildman–Crippen MR) is 180 cm³/mol. The summed E-state index contributed by atoms with van der Waals surface area (Å²) in [5.41, 5.74) is 7.78. The third-order valence-corrected chi connectivity index (χ3v) is 9.79. The second-order valence-electron chi connectivity index (χ2n) is 10.3. The maximum atomic E-state index is 13.4. The molecule has 2 atom stereocenters. The van der Waals surface area contributed by atoms with Crippen molar-refractivity contribution >= 4 is 62.7 Å². The Balaban J connectivity index is 1.70. The number of carboxylic acids is 1. The second kappa shape index (κ2) is 18.0. The minimum atomic E-state index is -3.78. The van der Waals surface area contributed by atoms with Gasteiger partial charge in [-0.15, -0.1) is 11.3 Å². The molecular formula is C31H35ClN6O8S2. The fourth-order valence-electron chi connectivity index (χ4n) is 4.25. The second-order valence-corrected chi connectivity index (χ2v) is 14.0. The van der Waals surface area contributed by atoms with Gasteiger partial charge in [0.05, 0.1) is 4.34 Å². The lowest BCUT2D eigenvalue weighted by Gasteiger charge is -2.23. The van der Waals surface area contributed by atoms with Crippen LogP contribution in [0.2, 0.25) is 4.34 Å². The summed E-state index contributed by atoms with van der Waals surface area (Å²) >= 11 is 6.78. The average Bonchev–Trinajstić information content (AvgIpc) is 3.50. The molecule has 3 aromatic rings. The number of rotatable bonds is 18. The topological polar surface area (TPSA) is 230 Å². The molecule has 2 aromatic carbocycles. The Morgan fingerprint density at radius 2 is 1.67 bits per heavy atom. The molecule has 0 saturated heterocycles. The summed E-state index contributed by atoms with van der Waals surface area (Å²) < 4.78 is 33.0. The molecule has 0 aliphatic rings. The van der Waals surface area contributed by atoms with Gasteiger partial charge in [-0.25, -0.2) is 17.9 Å². The van der Waals surface area contributed by atoms with E-state index in [1.165, 1.54) is 18.2 Å². The van der Waals surface area contributed by atoms with Crippen LogP contribution in [0.4, 0.5) is 4.79 Å². The number of benzene rings is 2. The number of hydrogen-bond donors (Lipinski definition) is 7. The standard InChI is InChI=1S/C31H35ClN6O8S2/c1-2-14-46-31(43)38-24(16-19-6-8-22(9-7-19)28(33)34)30(42)37-23(10-12-26(39)40)29(41)35-17-20-4-3-5-21(15-20)18-36-48(44,45)27-13-11-25(32)47-27/h2-9,11,13,15,23-24,36H,1,10,12,14,16-18H2,(H3,33,34)(H,35,41)(H,37,42)(H,38,43)(H,39,40)/t23-,24-/m0/s1. The first kappa shape index (κ1) is 37.7. The molecule has 0 fully saturated rings. The van der Waals surface area contributed by atoms with Gasteiger partial charge >= 0.3 is 12.1 Å². The highest BCUT2D eigenvalue weighted by Crippen LogP contribution is 2.25. The van der Waals surface area contributed by atoms with Crippen molar-refractivity contribution in [1.82, 2.24) is 20.7 Å². The Bertz CT molecular complexity index is 1750. The number of sulfonamides is 1. The highest BCUT2D eigenvalue weighted by Gasteiger charge is 2.28. The maximum Gasteiger partial charge on any atom is 0.408 e. The van der Waals surface area contributed by atoms with E-state index in [4.69, 9.17) is 27.5 Å². The number of amides is 3. The van der Waals surface area contributed by atoms with Crippen LogP contribution >= 0.6 is 22.9 Å².